The third-order valence-electron chi connectivity index (χ3n) is 4.45. The van der Waals surface area contributed by atoms with Crippen LogP contribution in [0.25, 0.3) is 11.3 Å². The molecule has 2 aromatic carbocycles. The number of nitrogens with one attached hydrogen (secondary N) is 1. The molecule has 0 saturated heterocycles. The summed E-state index contributed by atoms with van der Waals surface area (Å²) in [6, 6.07) is 10.6. The van der Waals surface area contributed by atoms with Crippen LogP contribution in [0.1, 0.15) is 21.6 Å². The minimum atomic E-state index is -0.349. The van der Waals surface area contributed by atoms with Gasteiger partial charge < -0.3 is 24.1 Å². The molecule has 1 amide bonds. The summed E-state index contributed by atoms with van der Waals surface area (Å²) in [6.07, 6.45) is 0. The summed E-state index contributed by atoms with van der Waals surface area (Å²) in [5.74, 6) is 1.63. The van der Waals surface area contributed by atoms with E-state index in [4.69, 9.17) is 30.3 Å². The number of ether oxygens (including phenoxy) is 3. The fraction of sp³-hybridized carbons (Fsp3) is 0.238. The van der Waals surface area contributed by atoms with Crippen molar-refractivity contribution in [2.75, 3.05) is 21.3 Å². The van der Waals surface area contributed by atoms with Crippen molar-refractivity contribution in [3.8, 4) is 28.6 Å². The molecule has 0 bridgehead atoms. The fourth-order valence-corrected chi connectivity index (χ4v) is 3.20. The summed E-state index contributed by atoms with van der Waals surface area (Å²) in [4.78, 5) is 13.0. The second-order valence-corrected chi connectivity index (χ2v) is 6.55. The van der Waals surface area contributed by atoms with E-state index in [1.807, 2.05) is 6.07 Å². The summed E-state index contributed by atoms with van der Waals surface area (Å²) in [5, 5.41) is 7.28. The number of benzene rings is 2. The Hall–Kier alpha value is -3.19. The molecule has 3 aromatic rings. The van der Waals surface area contributed by atoms with Crippen LogP contribution in [0.5, 0.6) is 17.2 Å². The Bertz CT molecular complexity index is 1010. The number of halogens is 1. The monoisotopic (exact) mass is 416 g/mol. The Morgan fingerprint density at radius 3 is 2.34 bits per heavy atom. The van der Waals surface area contributed by atoms with E-state index >= 15 is 0 Å². The molecular weight excluding hydrogens is 396 g/mol. The summed E-state index contributed by atoms with van der Waals surface area (Å²) < 4.78 is 21.5. The Morgan fingerprint density at radius 2 is 1.76 bits per heavy atom. The van der Waals surface area contributed by atoms with Gasteiger partial charge in [-0.2, -0.15) is 0 Å². The van der Waals surface area contributed by atoms with E-state index in [-0.39, 0.29) is 12.5 Å². The van der Waals surface area contributed by atoms with Gasteiger partial charge >= 0.3 is 0 Å². The van der Waals surface area contributed by atoms with E-state index in [1.54, 1.807) is 58.6 Å². The number of carbonyl (C=O) groups excluding carboxylic acids is 1. The van der Waals surface area contributed by atoms with E-state index in [0.29, 0.717) is 50.4 Å². The molecule has 0 unspecified atom stereocenters. The molecule has 0 spiro atoms. The molecule has 1 aromatic heterocycles. The second kappa shape index (κ2) is 8.87. The molecule has 0 radical (unpaired) electrons. The van der Waals surface area contributed by atoms with Crippen molar-refractivity contribution in [2.45, 2.75) is 13.5 Å². The van der Waals surface area contributed by atoms with Crippen molar-refractivity contribution < 1.29 is 23.5 Å². The van der Waals surface area contributed by atoms with Crippen molar-refractivity contribution in [1.82, 2.24) is 10.5 Å². The van der Waals surface area contributed by atoms with Gasteiger partial charge in [0.15, 0.2) is 5.76 Å². The maximum Gasteiger partial charge on any atom is 0.257 e. The Morgan fingerprint density at radius 1 is 1.10 bits per heavy atom. The highest BCUT2D eigenvalue weighted by molar-refractivity contribution is 6.33. The Balaban J connectivity index is 1.90. The molecule has 0 aliphatic heterocycles. The molecule has 3 rings (SSSR count). The first-order valence-electron chi connectivity index (χ1n) is 8.78. The number of methoxy groups -OCH3 is 3. The number of nitrogens with zero attached hydrogens (tertiary/aromatic N) is 1. The fourth-order valence-electron chi connectivity index (χ4n) is 2.98. The van der Waals surface area contributed by atoms with Crippen molar-refractivity contribution in [2.24, 2.45) is 0 Å². The number of aromatic nitrogens is 1. The molecular formula is C21H21ClN2O5. The molecule has 29 heavy (non-hydrogen) atoms. The first-order valence-corrected chi connectivity index (χ1v) is 9.16. The number of hydrogen-bond acceptors (Lipinski definition) is 6. The normalized spacial score (nSPS) is 10.5. The highest BCUT2D eigenvalue weighted by atomic mass is 35.5. The van der Waals surface area contributed by atoms with Gasteiger partial charge in [0.25, 0.3) is 5.91 Å². The van der Waals surface area contributed by atoms with Crippen LogP contribution >= 0.6 is 11.6 Å². The second-order valence-electron chi connectivity index (χ2n) is 6.15. The van der Waals surface area contributed by atoms with E-state index in [0.717, 1.165) is 0 Å². The topological polar surface area (TPSA) is 82.8 Å². The number of hydrogen-bond donors (Lipinski definition) is 1. The summed E-state index contributed by atoms with van der Waals surface area (Å²) in [5.41, 5.74) is 2.06. The van der Waals surface area contributed by atoms with Crippen LogP contribution in [-0.2, 0) is 6.54 Å². The Kier molecular flexibility index (Phi) is 6.29. The van der Waals surface area contributed by atoms with Crippen molar-refractivity contribution in [3.63, 3.8) is 0 Å². The minimum absolute atomic E-state index is 0.168. The largest absolute Gasteiger partial charge is 0.496 e. The van der Waals surface area contributed by atoms with Gasteiger partial charge in [-0.3, -0.25) is 4.79 Å². The number of rotatable bonds is 7. The van der Waals surface area contributed by atoms with E-state index in [1.165, 1.54) is 0 Å². The maximum absolute atomic E-state index is 13.0. The average molecular weight is 417 g/mol. The predicted octanol–water partition coefficient (Wildman–Crippen LogP) is 4.26. The zero-order valence-corrected chi connectivity index (χ0v) is 17.3. The van der Waals surface area contributed by atoms with Crippen LogP contribution < -0.4 is 19.5 Å². The van der Waals surface area contributed by atoms with Crippen LogP contribution in [0.4, 0.5) is 0 Å². The first kappa shape index (κ1) is 20.5. The van der Waals surface area contributed by atoms with Crippen LogP contribution in [-0.4, -0.2) is 32.4 Å². The van der Waals surface area contributed by atoms with Gasteiger partial charge in [0.2, 0.25) is 0 Å². The smallest absolute Gasteiger partial charge is 0.257 e. The molecule has 7 nitrogen and oxygen atoms in total. The minimum Gasteiger partial charge on any atom is -0.496 e. The Labute approximate surface area is 173 Å². The lowest BCUT2D eigenvalue weighted by Gasteiger charge is -2.15. The lowest BCUT2D eigenvalue weighted by molar-refractivity contribution is 0.0950. The molecule has 152 valence electrons. The van der Waals surface area contributed by atoms with E-state index in [2.05, 4.69) is 10.5 Å². The van der Waals surface area contributed by atoms with Gasteiger partial charge in [0, 0.05) is 17.7 Å². The van der Waals surface area contributed by atoms with Crippen LogP contribution in [0, 0.1) is 6.92 Å². The maximum atomic E-state index is 13.0. The zero-order chi connectivity index (χ0) is 21.0. The lowest BCUT2D eigenvalue weighted by atomic mass is 10.1. The van der Waals surface area contributed by atoms with Crippen LogP contribution in [0.15, 0.2) is 40.9 Å². The third-order valence-corrected chi connectivity index (χ3v) is 4.78. The van der Waals surface area contributed by atoms with Gasteiger partial charge in [0.05, 0.1) is 44.2 Å². The summed E-state index contributed by atoms with van der Waals surface area (Å²) in [6.45, 7) is 1.87. The summed E-state index contributed by atoms with van der Waals surface area (Å²) in [7, 11) is 4.64. The zero-order valence-electron chi connectivity index (χ0n) is 16.5. The highest BCUT2D eigenvalue weighted by Crippen LogP contribution is 2.35. The lowest BCUT2D eigenvalue weighted by Crippen LogP contribution is -2.24. The van der Waals surface area contributed by atoms with Gasteiger partial charge in [-0.1, -0.05) is 28.9 Å². The van der Waals surface area contributed by atoms with Crippen LogP contribution in [0.2, 0.25) is 5.02 Å². The molecule has 0 fully saturated rings. The van der Waals surface area contributed by atoms with Crippen molar-refractivity contribution in [3.05, 3.63) is 58.2 Å². The number of carbonyl (C=O) groups is 1. The number of aryl methyl sites for hydroxylation is 1. The predicted molar refractivity (Wildman–Crippen MR) is 109 cm³/mol. The van der Waals surface area contributed by atoms with E-state index < -0.39 is 0 Å². The molecule has 0 saturated carbocycles. The standard InChI is InChI=1S/C21H21ClN2O5/c1-12-19(20(29-24-12)14-7-5-6-8-16(14)22)21(25)23-11-15-17(27-3)9-13(26-2)10-18(15)28-4/h5-10H,11H2,1-4H3,(H,23,25). The van der Waals surface area contributed by atoms with Crippen molar-refractivity contribution in [1.29, 1.82) is 0 Å². The van der Waals surface area contributed by atoms with E-state index in [9.17, 15) is 4.79 Å². The summed E-state index contributed by atoms with van der Waals surface area (Å²) >= 11 is 6.26. The van der Waals surface area contributed by atoms with Crippen LogP contribution in [0.3, 0.4) is 0 Å². The average Bonchev–Trinajstić information content (AvgIpc) is 3.12. The van der Waals surface area contributed by atoms with Crippen molar-refractivity contribution >= 4 is 17.5 Å². The van der Waals surface area contributed by atoms with Gasteiger partial charge in [-0.25, -0.2) is 0 Å². The SMILES string of the molecule is COc1cc(OC)c(CNC(=O)c2c(C)noc2-c2ccccc2Cl)c(OC)c1. The van der Waals surface area contributed by atoms with Gasteiger partial charge in [0.1, 0.15) is 22.8 Å². The molecule has 0 atom stereocenters. The molecule has 0 aliphatic carbocycles. The van der Waals surface area contributed by atoms with Gasteiger partial charge in [-0.05, 0) is 19.1 Å². The molecule has 0 aliphatic rings. The van der Waals surface area contributed by atoms with Gasteiger partial charge in [-0.15, -0.1) is 0 Å². The first-order chi connectivity index (χ1) is 14.0. The quantitative estimate of drug-likeness (QED) is 0.619. The molecule has 1 heterocycles. The number of amides is 1. The molecule has 1 N–H and O–H groups in total. The molecule has 8 heteroatoms. The third kappa shape index (κ3) is 4.14. The highest BCUT2D eigenvalue weighted by Gasteiger charge is 2.24.